The minimum absolute atomic E-state index is 0.0647. The van der Waals surface area contributed by atoms with Gasteiger partial charge >= 0.3 is 0 Å². The van der Waals surface area contributed by atoms with Gasteiger partial charge in [0.15, 0.2) is 0 Å². The first kappa shape index (κ1) is 12.7. The fourth-order valence-corrected chi connectivity index (χ4v) is 2.41. The maximum Gasteiger partial charge on any atom is 0.0555 e. The van der Waals surface area contributed by atoms with E-state index in [0.29, 0.717) is 6.54 Å². The zero-order valence-electron chi connectivity index (χ0n) is 9.26. The number of nitrogens with one attached hydrogen (secondary N) is 1. The molecule has 0 saturated heterocycles. The van der Waals surface area contributed by atoms with Crippen molar-refractivity contribution in [1.29, 1.82) is 0 Å². The summed E-state index contributed by atoms with van der Waals surface area (Å²) in [7, 11) is 0. The summed E-state index contributed by atoms with van der Waals surface area (Å²) in [4.78, 5) is 0. The lowest BCUT2D eigenvalue weighted by molar-refractivity contribution is 0.286. The first-order chi connectivity index (χ1) is 7.08. The van der Waals surface area contributed by atoms with Crippen LogP contribution in [-0.4, -0.2) is 24.8 Å². The van der Waals surface area contributed by atoms with Crippen molar-refractivity contribution in [1.82, 2.24) is 5.32 Å². The third-order valence-corrected chi connectivity index (χ3v) is 3.15. The van der Waals surface area contributed by atoms with Gasteiger partial charge in [-0.3, -0.25) is 0 Å². The van der Waals surface area contributed by atoms with Gasteiger partial charge in [-0.15, -0.1) is 0 Å². The normalized spacial score (nSPS) is 11.7. The van der Waals surface area contributed by atoms with Crippen molar-refractivity contribution in [2.45, 2.75) is 19.3 Å². The molecule has 0 saturated carbocycles. The molecule has 3 heteroatoms. The van der Waals surface area contributed by atoms with E-state index in [-0.39, 0.29) is 12.0 Å². The van der Waals surface area contributed by atoms with Crippen molar-refractivity contribution in [2.75, 3.05) is 19.7 Å². The number of benzene rings is 1. The molecular weight excluding hydrogens is 254 g/mol. The average molecular weight is 272 g/mol. The van der Waals surface area contributed by atoms with E-state index in [1.54, 1.807) is 0 Å². The van der Waals surface area contributed by atoms with Crippen LogP contribution in [0.5, 0.6) is 0 Å². The van der Waals surface area contributed by atoms with Crippen molar-refractivity contribution in [3.8, 4) is 0 Å². The highest BCUT2D eigenvalue weighted by atomic mass is 79.9. The molecule has 1 aromatic carbocycles. The fourth-order valence-electron chi connectivity index (χ4n) is 1.59. The van der Waals surface area contributed by atoms with E-state index in [0.717, 1.165) is 11.0 Å². The molecule has 0 fully saturated rings. The van der Waals surface area contributed by atoms with Gasteiger partial charge in [0.2, 0.25) is 0 Å². The molecule has 0 unspecified atom stereocenters. The van der Waals surface area contributed by atoms with E-state index < -0.39 is 0 Å². The van der Waals surface area contributed by atoms with Crippen LogP contribution in [0.3, 0.4) is 0 Å². The molecule has 84 valence electrons. The fraction of sp³-hybridized carbons (Fsp3) is 0.500. The average Bonchev–Trinajstić information content (AvgIpc) is 2.18. The molecule has 15 heavy (non-hydrogen) atoms. The van der Waals surface area contributed by atoms with E-state index in [9.17, 15) is 0 Å². The molecule has 0 bridgehead atoms. The summed E-state index contributed by atoms with van der Waals surface area (Å²) >= 11 is 3.56. The van der Waals surface area contributed by atoms with Crippen molar-refractivity contribution in [2.24, 2.45) is 0 Å². The van der Waals surface area contributed by atoms with Crippen molar-refractivity contribution < 1.29 is 5.11 Å². The van der Waals surface area contributed by atoms with E-state index in [2.05, 4.69) is 47.2 Å². The van der Waals surface area contributed by atoms with Crippen LogP contribution in [0, 0.1) is 0 Å². The standard InChI is InChI=1S/C12H18BrNO/c1-12(2,9-14-7-8-15)10-5-3-4-6-11(10)13/h3-6,14-15H,7-9H2,1-2H3. The van der Waals surface area contributed by atoms with Gasteiger partial charge in [-0.1, -0.05) is 48.0 Å². The molecule has 0 radical (unpaired) electrons. The summed E-state index contributed by atoms with van der Waals surface area (Å²) in [5, 5.41) is 11.9. The zero-order valence-corrected chi connectivity index (χ0v) is 10.8. The highest BCUT2D eigenvalue weighted by Gasteiger charge is 2.21. The topological polar surface area (TPSA) is 32.3 Å². The van der Waals surface area contributed by atoms with Crippen molar-refractivity contribution in [3.63, 3.8) is 0 Å². The number of aliphatic hydroxyl groups is 1. The second-order valence-corrected chi connectivity index (χ2v) is 5.12. The monoisotopic (exact) mass is 271 g/mol. The molecule has 1 rings (SSSR count). The molecule has 0 amide bonds. The van der Waals surface area contributed by atoms with Crippen LogP contribution in [-0.2, 0) is 5.41 Å². The number of aliphatic hydroxyl groups excluding tert-OH is 1. The molecule has 0 aliphatic carbocycles. The first-order valence-corrected chi connectivity index (χ1v) is 5.94. The van der Waals surface area contributed by atoms with E-state index >= 15 is 0 Å². The minimum Gasteiger partial charge on any atom is -0.395 e. The Morgan fingerprint density at radius 1 is 1.33 bits per heavy atom. The molecule has 0 aliphatic rings. The second-order valence-electron chi connectivity index (χ2n) is 4.26. The summed E-state index contributed by atoms with van der Waals surface area (Å²) in [6.07, 6.45) is 0. The predicted molar refractivity (Wildman–Crippen MR) is 67.1 cm³/mol. The third kappa shape index (κ3) is 3.59. The van der Waals surface area contributed by atoms with Crippen LogP contribution in [0.25, 0.3) is 0 Å². The van der Waals surface area contributed by atoms with Crippen molar-refractivity contribution >= 4 is 15.9 Å². The molecule has 2 nitrogen and oxygen atoms in total. The lowest BCUT2D eigenvalue weighted by Crippen LogP contribution is -2.34. The number of hydrogen-bond donors (Lipinski definition) is 2. The first-order valence-electron chi connectivity index (χ1n) is 5.14. The van der Waals surface area contributed by atoms with Gasteiger partial charge in [0.1, 0.15) is 0 Å². The summed E-state index contributed by atoms with van der Waals surface area (Å²) in [5.74, 6) is 0. The van der Waals surface area contributed by atoms with Gasteiger partial charge in [0.25, 0.3) is 0 Å². The highest BCUT2D eigenvalue weighted by molar-refractivity contribution is 9.10. The summed E-state index contributed by atoms with van der Waals surface area (Å²) in [5.41, 5.74) is 1.35. The maximum absolute atomic E-state index is 8.72. The van der Waals surface area contributed by atoms with E-state index in [4.69, 9.17) is 5.11 Å². The molecule has 0 atom stereocenters. The van der Waals surface area contributed by atoms with Crippen LogP contribution >= 0.6 is 15.9 Å². The molecule has 2 N–H and O–H groups in total. The molecule has 0 aliphatic heterocycles. The van der Waals surface area contributed by atoms with Gasteiger partial charge in [-0.2, -0.15) is 0 Å². The highest BCUT2D eigenvalue weighted by Crippen LogP contribution is 2.29. The zero-order chi connectivity index (χ0) is 11.3. The van der Waals surface area contributed by atoms with Crippen LogP contribution in [0.4, 0.5) is 0 Å². The maximum atomic E-state index is 8.72. The van der Waals surface area contributed by atoms with Gasteiger partial charge in [-0.25, -0.2) is 0 Å². The Morgan fingerprint density at radius 3 is 2.60 bits per heavy atom. The largest absolute Gasteiger partial charge is 0.395 e. The molecular formula is C12H18BrNO. The number of hydrogen-bond acceptors (Lipinski definition) is 2. The Morgan fingerprint density at radius 2 is 2.00 bits per heavy atom. The quantitative estimate of drug-likeness (QED) is 0.806. The second kappa shape index (κ2) is 5.64. The lowest BCUT2D eigenvalue weighted by atomic mass is 9.84. The van der Waals surface area contributed by atoms with Gasteiger partial charge in [-0.05, 0) is 11.6 Å². The summed E-state index contributed by atoms with van der Waals surface area (Å²) in [6, 6.07) is 8.26. The van der Waals surface area contributed by atoms with Gasteiger partial charge in [0.05, 0.1) is 6.61 Å². The summed E-state index contributed by atoms with van der Waals surface area (Å²) in [6.45, 7) is 6.07. The van der Waals surface area contributed by atoms with E-state index in [1.807, 2.05) is 12.1 Å². The minimum atomic E-state index is 0.0647. The van der Waals surface area contributed by atoms with E-state index in [1.165, 1.54) is 5.56 Å². The van der Waals surface area contributed by atoms with Crippen LogP contribution in [0.15, 0.2) is 28.7 Å². The van der Waals surface area contributed by atoms with Crippen LogP contribution < -0.4 is 5.32 Å². The summed E-state index contributed by atoms with van der Waals surface area (Å²) < 4.78 is 1.14. The van der Waals surface area contributed by atoms with Crippen LogP contribution in [0.2, 0.25) is 0 Å². The lowest BCUT2D eigenvalue weighted by Gasteiger charge is -2.26. The molecule has 0 heterocycles. The Kier molecular flexibility index (Phi) is 4.77. The smallest absolute Gasteiger partial charge is 0.0555 e. The molecule has 1 aromatic rings. The number of halogens is 1. The Bertz CT molecular complexity index is 312. The predicted octanol–water partition coefficient (Wildman–Crippen LogP) is 2.31. The Hall–Kier alpha value is -0.380. The molecule has 0 aromatic heterocycles. The molecule has 0 spiro atoms. The van der Waals surface area contributed by atoms with Crippen LogP contribution in [0.1, 0.15) is 19.4 Å². The van der Waals surface area contributed by atoms with Crippen molar-refractivity contribution in [3.05, 3.63) is 34.3 Å². The number of rotatable bonds is 5. The third-order valence-electron chi connectivity index (χ3n) is 2.46. The van der Waals surface area contributed by atoms with Gasteiger partial charge < -0.3 is 10.4 Å². The Labute approximate surface area is 99.8 Å². The SMILES string of the molecule is CC(C)(CNCCO)c1ccccc1Br. The Balaban J connectivity index is 2.72. The van der Waals surface area contributed by atoms with Gasteiger partial charge in [0, 0.05) is 23.0 Å².